The van der Waals surface area contributed by atoms with Crippen molar-refractivity contribution in [2.45, 2.75) is 51.5 Å². The number of nitrogens with one attached hydrogen (secondary N) is 2. The summed E-state index contributed by atoms with van der Waals surface area (Å²) in [6, 6.07) is 7.80. The van der Waals surface area contributed by atoms with E-state index in [9.17, 15) is 22.8 Å². The molecule has 0 spiro atoms. The normalized spacial score (nSPS) is 15.6. The number of carbonyl (C=O) groups is 2. The molecule has 3 aromatic rings. The molecule has 250 valence electrons. The number of methoxy groups -OCH3 is 1. The molecule has 1 fully saturated rings. The van der Waals surface area contributed by atoms with E-state index in [-0.39, 0.29) is 35.9 Å². The Balaban J connectivity index is 1.52. The van der Waals surface area contributed by atoms with Crippen LogP contribution in [0, 0.1) is 0 Å². The van der Waals surface area contributed by atoms with Gasteiger partial charge < -0.3 is 30.1 Å². The summed E-state index contributed by atoms with van der Waals surface area (Å²) < 4.78 is 45.6. The Morgan fingerprint density at radius 1 is 1.13 bits per heavy atom. The number of carbonyl (C=O) groups excluding carboxylic acids is 2. The first-order valence-corrected chi connectivity index (χ1v) is 15.3. The number of ether oxygens (including phenoxy) is 1. The van der Waals surface area contributed by atoms with Gasteiger partial charge in [-0.25, -0.2) is 14.7 Å². The molecule has 0 saturated carbocycles. The fourth-order valence-corrected chi connectivity index (χ4v) is 5.79. The molecule has 2 N–H and O–H groups in total. The summed E-state index contributed by atoms with van der Waals surface area (Å²) in [6.07, 6.45) is 0.164. The second-order valence-electron chi connectivity index (χ2n) is 12.0. The van der Waals surface area contributed by atoms with E-state index in [4.69, 9.17) is 4.74 Å². The van der Waals surface area contributed by atoms with E-state index in [0.717, 1.165) is 43.8 Å². The molecule has 11 nitrogen and oxygen atoms in total. The average molecular weight is 653 g/mol. The third-order valence-corrected chi connectivity index (χ3v) is 8.45. The molecule has 1 aromatic heterocycles. The van der Waals surface area contributed by atoms with Crippen LogP contribution in [0.1, 0.15) is 37.8 Å². The number of aromatic nitrogens is 2. The van der Waals surface area contributed by atoms with Crippen LogP contribution in [0.2, 0.25) is 0 Å². The third kappa shape index (κ3) is 7.12. The lowest BCUT2D eigenvalue weighted by Gasteiger charge is -2.38. The van der Waals surface area contributed by atoms with Crippen molar-refractivity contribution in [3.63, 3.8) is 0 Å². The van der Waals surface area contributed by atoms with Crippen LogP contribution >= 0.6 is 0 Å². The molecule has 1 saturated heterocycles. The van der Waals surface area contributed by atoms with Crippen LogP contribution < -0.4 is 25.2 Å². The standard InChI is InChI=1S/C33H39F3N8O3/c1-7-29(45)38-25-16-26(28(47-6)17-27(25)42-14-12-23(13-15-42)41(4)5)39-31-37-18-21-19-43(20(2)3)32(46)44(30(21)40-31)24-10-8-22(9-11-24)33(34,35)36/h7-11,16-18,20,23H,1,12-15,19H2,2-6H3,(H,38,45)(H,37,39,40). The molecule has 0 unspecified atom stereocenters. The lowest BCUT2D eigenvalue weighted by Crippen LogP contribution is -2.48. The minimum atomic E-state index is -4.52. The van der Waals surface area contributed by atoms with Gasteiger partial charge in [-0.3, -0.25) is 4.79 Å². The molecule has 2 aromatic carbocycles. The highest BCUT2D eigenvalue weighted by atomic mass is 19.4. The van der Waals surface area contributed by atoms with Crippen molar-refractivity contribution < 1.29 is 27.5 Å². The number of amides is 3. The Bertz CT molecular complexity index is 1640. The van der Waals surface area contributed by atoms with E-state index in [1.165, 1.54) is 30.2 Å². The predicted octanol–water partition coefficient (Wildman–Crippen LogP) is 6.38. The van der Waals surface area contributed by atoms with Gasteiger partial charge in [0.05, 0.1) is 42.0 Å². The van der Waals surface area contributed by atoms with Crippen molar-refractivity contribution in [2.24, 2.45) is 0 Å². The smallest absolute Gasteiger partial charge is 0.416 e. The Hall–Kier alpha value is -4.85. The Morgan fingerprint density at radius 2 is 1.81 bits per heavy atom. The third-order valence-electron chi connectivity index (χ3n) is 8.45. The van der Waals surface area contributed by atoms with E-state index in [0.29, 0.717) is 28.7 Å². The number of hydrogen-bond acceptors (Lipinski definition) is 8. The van der Waals surface area contributed by atoms with Crippen molar-refractivity contribution in [1.82, 2.24) is 19.8 Å². The average Bonchev–Trinajstić information content (AvgIpc) is 3.04. The number of halogens is 3. The van der Waals surface area contributed by atoms with Gasteiger partial charge in [-0.2, -0.15) is 18.2 Å². The number of benzene rings is 2. The summed E-state index contributed by atoms with van der Waals surface area (Å²) in [4.78, 5) is 42.6. The Labute approximate surface area is 272 Å². The molecule has 14 heteroatoms. The van der Waals surface area contributed by atoms with Gasteiger partial charge in [-0.05, 0) is 77.2 Å². The predicted molar refractivity (Wildman–Crippen MR) is 176 cm³/mol. The Morgan fingerprint density at radius 3 is 2.38 bits per heavy atom. The number of nitrogens with zero attached hydrogens (tertiary/aromatic N) is 6. The molecule has 2 aliphatic heterocycles. The van der Waals surface area contributed by atoms with Crippen molar-refractivity contribution in [2.75, 3.05) is 54.7 Å². The van der Waals surface area contributed by atoms with E-state index in [2.05, 4.69) is 51.1 Å². The highest BCUT2D eigenvalue weighted by Crippen LogP contribution is 2.41. The fraction of sp³-hybridized carbons (Fsp3) is 0.394. The number of anilines is 6. The van der Waals surface area contributed by atoms with Crippen molar-refractivity contribution in [3.8, 4) is 5.75 Å². The van der Waals surface area contributed by atoms with Crippen LogP contribution in [0.5, 0.6) is 5.75 Å². The van der Waals surface area contributed by atoms with Crippen LogP contribution in [0.3, 0.4) is 0 Å². The zero-order valence-corrected chi connectivity index (χ0v) is 27.1. The van der Waals surface area contributed by atoms with Gasteiger partial charge in [0.15, 0.2) is 5.82 Å². The molecule has 0 bridgehead atoms. The number of hydrogen-bond donors (Lipinski definition) is 2. The van der Waals surface area contributed by atoms with Crippen molar-refractivity contribution >= 4 is 46.5 Å². The summed E-state index contributed by atoms with van der Waals surface area (Å²) in [7, 11) is 5.67. The van der Waals surface area contributed by atoms with Gasteiger partial charge in [0.1, 0.15) is 5.75 Å². The van der Waals surface area contributed by atoms with Crippen molar-refractivity contribution in [3.05, 3.63) is 66.4 Å². The molecule has 0 aliphatic carbocycles. The number of piperidine rings is 1. The topological polar surface area (TPSA) is 106 Å². The van der Waals surface area contributed by atoms with Gasteiger partial charge in [-0.1, -0.05) is 6.58 Å². The quantitative estimate of drug-likeness (QED) is 0.257. The molecule has 3 amide bonds. The van der Waals surface area contributed by atoms with E-state index in [1.54, 1.807) is 17.2 Å². The number of rotatable bonds is 9. The van der Waals surface area contributed by atoms with Crippen LogP contribution in [0.15, 0.2) is 55.3 Å². The lowest BCUT2D eigenvalue weighted by molar-refractivity contribution is -0.137. The summed E-state index contributed by atoms with van der Waals surface area (Å²) in [5, 5.41) is 6.06. The van der Waals surface area contributed by atoms with Crippen LogP contribution in [0.4, 0.5) is 52.5 Å². The second kappa shape index (κ2) is 13.5. The molecule has 0 radical (unpaired) electrons. The zero-order valence-electron chi connectivity index (χ0n) is 27.1. The highest BCUT2D eigenvalue weighted by Gasteiger charge is 2.36. The summed E-state index contributed by atoms with van der Waals surface area (Å²) in [5.74, 6) is 0.444. The maximum Gasteiger partial charge on any atom is 0.416 e. The van der Waals surface area contributed by atoms with Crippen LogP contribution in [-0.2, 0) is 17.5 Å². The minimum absolute atomic E-state index is 0.116. The molecule has 3 heterocycles. The largest absolute Gasteiger partial charge is 0.494 e. The molecule has 5 rings (SSSR count). The number of urea groups is 1. The van der Waals surface area contributed by atoms with E-state index >= 15 is 0 Å². The van der Waals surface area contributed by atoms with Gasteiger partial charge in [0.2, 0.25) is 11.9 Å². The molecule has 0 atom stereocenters. The minimum Gasteiger partial charge on any atom is -0.494 e. The van der Waals surface area contributed by atoms with E-state index in [1.807, 2.05) is 19.9 Å². The fourth-order valence-electron chi connectivity index (χ4n) is 5.79. The first-order valence-electron chi connectivity index (χ1n) is 15.3. The zero-order chi connectivity index (χ0) is 34.0. The highest BCUT2D eigenvalue weighted by molar-refractivity contribution is 6.03. The Kier molecular flexibility index (Phi) is 9.61. The van der Waals surface area contributed by atoms with Crippen LogP contribution in [0.25, 0.3) is 0 Å². The maximum atomic E-state index is 13.7. The summed E-state index contributed by atoms with van der Waals surface area (Å²) >= 11 is 0. The maximum absolute atomic E-state index is 13.7. The van der Waals surface area contributed by atoms with E-state index < -0.39 is 17.8 Å². The van der Waals surface area contributed by atoms with Gasteiger partial charge >= 0.3 is 12.2 Å². The SMILES string of the molecule is C=CC(=O)Nc1cc(Nc2ncc3c(n2)N(c2ccc(C(F)(F)F)cc2)C(=O)N(C(C)C)C3)c(OC)cc1N1CCC(N(C)C)CC1. The summed E-state index contributed by atoms with van der Waals surface area (Å²) in [6.45, 7) is 9.08. The monoisotopic (exact) mass is 652 g/mol. The van der Waals surface area contributed by atoms with Crippen LogP contribution in [-0.4, -0.2) is 78.1 Å². The number of fused-ring (bicyclic) bond motifs is 1. The molecular weight excluding hydrogens is 613 g/mol. The van der Waals surface area contributed by atoms with Gasteiger partial charge in [-0.15, -0.1) is 0 Å². The summed E-state index contributed by atoms with van der Waals surface area (Å²) in [5.41, 5.74) is 1.80. The lowest BCUT2D eigenvalue weighted by atomic mass is 10.0. The van der Waals surface area contributed by atoms with Crippen molar-refractivity contribution in [1.29, 1.82) is 0 Å². The molecule has 47 heavy (non-hydrogen) atoms. The number of alkyl halides is 3. The molecular formula is C33H39F3N8O3. The van der Waals surface area contributed by atoms with Gasteiger partial charge in [0.25, 0.3) is 0 Å². The van der Waals surface area contributed by atoms with Gasteiger partial charge in [0, 0.05) is 43.0 Å². The molecule has 2 aliphatic rings. The second-order valence-corrected chi connectivity index (χ2v) is 12.0. The first kappa shape index (κ1) is 33.5. The first-order chi connectivity index (χ1) is 22.3.